The molecular weight excluding hydrogens is 573 g/mol. The van der Waals surface area contributed by atoms with Crippen molar-refractivity contribution < 1.29 is 30.3 Å². The van der Waals surface area contributed by atoms with Gasteiger partial charge in [0.1, 0.15) is 11.9 Å². The Morgan fingerprint density at radius 2 is 1.75 bits per heavy atom. The van der Waals surface area contributed by atoms with Crippen molar-refractivity contribution in [2.45, 2.75) is 12.0 Å². The molecule has 0 saturated heterocycles. The summed E-state index contributed by atoms with van der Waals surface area (Å²) in [5, 5.41) is 0. The Morgan fingerprint density at radius 3 is 2.31 bits per heavy atom. The van der Waals surface area contributed by atoms with Crippen LogP contribution in [0.5, 0.6) is 5.75 Å². The number of rotatable bonds is 3. The summed E-state index contributed by atoms with van der Waals surface area (Å²) in [6.07, 6.45) is 4.35. The van der Waals surface area contributed by atoms with Crippen molar-refractivity contribution in [1.82, 2.24) is 9.97 Å². The molecule has 2 unspecified atom stereocenters. The molecule has 32 heavy (non-hydrogen) atoms. The molecule has 0 bridgehead atoms. The van der Waals surface area contributed by atoms with Gasteiger partial charge in [0.2, 0.25) is 0 Å². The number of aromatic nitrogens is 2. The van der Waals surface area contributed by atoms with E-state index in [9.17, 15) is 0 Å². The summed E-state index contributed by atoms with van der Waals surface area (Å²) in [6.45, 7) is 10.0. The number of hydrogen-bond donors (Lipinski definition) is 0. The predicted octanol–water partition coefficient (Wildman–Crippen LogP) is 6.19. The number of fused-ring (bicyclic) bond motifs is 1. The number of pyridine rings is 2. The van der Waals surface area contributed by atoms with Crippen LogP contribution in [0.15, 0.2) is 122 Å². The molecule has 0 saturated carbocycles. The van der Waals surface area contributed by atoms with E-state index in [0.29, 0.717) is 5.75 Å². The van der Waals surface area contributed by atoms with E-state index in [0.717, 1.165) is 5.56 Å². The van der Waals surface area contributed by atoms with E-state index < -0.39 is 12.0 Å². The molecule has 2 aromatic heterocycles. The summed E-state index contributed by atoms with van der Waals surface area (Å²) in [4.78, 5) is 7.72. The molecule has 4 aromatic rings. The second-order valence-corrected chi connectivity index (χ2v) is 6.34. The van der Waals surface area contributed by atoms with Crippen LogP contribution in [0.25, 0.3) is 5.57 Å². The van der Waals surface area contributed by atoms with Crippen molar-refractivity contribution in [3.05, 3.63) is 146 Å². The van der Waals surface area contributed by atoms with Gasteiger partial charge in [-0.2, -0.15) is 42.0 Å². The van der Waals surface area contributed by atoms with Crippen LogP contribution in [-0.2, 0) is 20.1 Å². The third-order valence-corrected chi connectivity index (χ3v) is 4.33. The summed E-state index contributed by atoms with van der Waals surface area (Å²) in [5.74, 6) is 0.293. The van der Waals surface area contributed by atoms with Gasteiger partial charge in [0.25, 0.3) is 0 Å². The fourth-order valence-electron chi connectivity index (χ4n) is 2.93. The third-order valence-electron chi connectivity index (χ3n) is 4.33. The zero-order valence-electron chi connectivity index (χ0n) is 21.2. The third kappa shape index (κ3) is 7.12. The van der Waals surface area contributed by atoms with Crippen LogP contribution in [0.4, 0.5) is 0 Å². The van der Waals surface area contributed by atoms with Crippen LogP contribution < -0.4 is 4.74 Å². The van der Waals surface area contributed by atoms with Gasteiger partial charge in [0.15, 0.2) is 0 Å². The van der Waals surface area contributed by atoms with E-state index in [1.807, 2.05) is 72.8 Å². The zero-order valence-corrected chi connectivity index (χ0v) is 19.6. The summed E-state index contributed by atoms with van der Waals surface area (Å²) in [6, 6.07) is 24.6. The Hall–Kier alpha value is -3.33. The Morgan fingerprint density at radius 1 is 1.03 bits per heavy atom. The Labute approximate surface area is 209 Å². The molecule has 163 valence electrons. The molecule has 0 fully saturated rings. The Balaban J connectivity index is 0.000000287. The number of nitrogens with zero attached hydrogens (tertiary/aromatic N) is 2. The monoisotopic (exact) mass is 601 g/mol. The molecule has 2 atom stereocenters. The van der Waals surface area contributed by atoms with Gasteiger partial charge in [-0.3, -0.25) is 11.6 Å². The minimum absolute atomic E-state index is 0. The van der Waals surface area contributed by atoms with Crippen molar-refractivity contribution in [3.8, 4) is 5.75 Å². The molecule has 0 N–H and O–H groups in total. The fourth-order valence-corrected chi connectivity index (χ4v) is 2.93. The largest absolute Gasteiger partial charge is 0.485 e. The molecule has 3 heterocycles. The molecule has 5 rings (SSSR count). The standard InChI is InChI=1S/C17H14NO.C6H5.C5H5N.Ir/c1-3-15-17(12(2)14-9-6-7-11-18-14)13-8-4-5-10-16(13)19-15;2*1-2-4-6-5-3-1;/h2-11,15,17H,1H2;2*1-5H;/q2*-1;;/i6D,7D,9D,11D;;;. The van der Waals surface area contributed by atoms with Crippen molar-refractivity contribution in [1.29, 1.82) is 0 Å². The van der Waals surface area contributed by atoms with Gasteiger partial charge < -0.3 is 9.72 Å². The van der Waals surface area contributed by atoms with E-state index in [-0.39, 0.29) is 55.7 Å². The minimum atomic E-state index is -0.410. The van der Waals surface area contributed by atoms with E-state index in [4.69, 9.17) is 16.8 Å². The quantitative estimate of drug-likeness (QED) is 0.208. The number of benzene rings is 2. The number of ether oxygens (including phenoxy) is 1. The summed E-state index contributed by atoms with van der Waals surface area (Å²) < 4.78 is 36.8. The Kier molecular flexibility index (Phi) is 8.39. The van der Waals surface area contributed by atoms with Gasteiger partial charge in [-0.1, -0.05) is 48.7 Å². The van der Waals surface area contributed by atoms with Crippen molar-refractivity contribution in [2.24, 2.45) is 0 Å². The SMILES string of the molecule is [2H]c1nc(C(=[CH-])C2c3ccccc3OC2C=C)c([2H])c([2H])c1[2H].[Ir].[c-]1ccccc1.c1ccncc1. The molecule has 0 spiro atoms. The molecule has 2 aromatic carbocycles. The first-order valence-electron chi connectivity index (χ1n) is 11.7. The van der Waals surface area contributed by atoms with Crippen molar-refractivity contribution in [2.75, 3.05) is 0 Å². The average Bonchev–Trinajstić information content (AvgIpc) is 3.30. The van der Waals surface area contributed by atoms with Crippen LogP contribution in [0, 0.1) is 12.6 Å². The van der Waals surface area contributed by atoms with E-state index in [1.165, 1.54) is 0 Å². The van der Waals surface area contributed by atoms with Gasteiger partial charge in [0.05, 0.1) is 4.11 Å². The molecule has 0 aliphatic carbocycles. The maximum absolute atomic E-state index is 8.01. The smallest absolute Gasteiger partial charge is 0.125 e. The van der Waals surface area contributed by atoms with Crippen molar-refractivity contribution in [3.63, 3.8) is 0 Å². The van der Waals surface area contributed by atoms with E-state index in [1.54, 1.807) is 18.5 Å². The molecule has 1 aliphatic rings. The van der Waals surface area contributed by atoms with Crippen LogP contribution in [0.2, 0.25) is 0 Å². The maximum atomic E-state index is 8.01. The number of hydrogen-bond acceptors (Lipinski definition) is 3. The Bertz CT molecular complexity index is 1190. The average molecular weight is 601 g/mol. The normalized spacial score (nSPS) is 16.9. The molecule has 1 radical (unpaired) electrons. The van der Waals surface area contributed by atoms with Gasteiger partial charge >= 0.3 is 0 Å². The molecule has 0 amide bonds. The molecular formula is C28H24IrN2O-2. The first-order valence-corrected chi connectivity index (χ1v) is 9.67. The summed E-state index contributed by atoms with van der Waals surface area (Å²) in [7, 11) is 0. The minimum Gasteiger partial charge on any atom is -0.485 e. The van der Waals surface area contributed by atoms with Gasteiger partial charge in [0, 0.05) is 51.5 Å². The molecule has 1 aliphatic heterocycles. The second-order valence-electron chi connectivity index (χ2n) is 6.34. The van der Waals surface area contributed by atoms with Gasteiger partial charge in [-0.05, 0) is 24.2 Å². The van der Waals surface area contributed by atoms with Crippen LogP contribution in [0.3, 0.4) is 0 Å². The number of para-hydroxylation sites is 1. The molecule has 3 nitrogen and oxygen atoms in total. The van der Waals surface area contributed by atoms with Gasteiger partial charge in [-0.25, -0.2) is 0 Å². The first kappa shape index (κ1) is 19.4. The van der Waals surface area contributed by atoms with Crippen LogP contribution in [-0.4, -0.2) is 16.1 Å². The van der Waals surface area contributed by atoms with Crippen molar-refractivity contribution >= 4 is 5.57 Å². The van der Waals surface area contributed by atoms with E-state index in [2.05, 4.69) is 22.6 Å². The zero-order chi connectivity index (χ0) is 25.2. The van der Waals surface area contributed by atoms with Gasteiger partial charge in [-0.15, -0.1) is 6.04 Å². The fraction of sp³-hybridized carbons (Fsp3) is 0.0714. The van der Waals surface area contributed by atoms with Crippen LogP contribution >= 0.6 is 0 Å². The molecule has 4 heteroatoms. The van der Waals surface area contributed by atoms with E-state index >= 15 is 0 Å². The maximum Gasteiger partial charge on any atom is 0.125 e. The second kappa shape index (κ2) is 13.9. The van der Waals surface area contributed by atoms with Crippen LogP contribution in [0.1, 0.15) is 22.7 Å². The predicted molar refractivity (Wildman–Crippen MR) is 125 cm³/mol. The first-order chi connectivity index (χ1) is 17.0. The summed E-state index contributed by atoms with van der Waals surface area (Å²) in [5.41, 5.74) is 1.14. The topological polar surface area (TPSA) is 35.0 Å². The summed E-state index contributed by atoms with van der Waals surface area (Å²) >= 11 is 0.